The monoisotopic (exact) mass is 339 g/mol. The number of rotatable bonds is 7. The number of nitrogens with one attached hydrogen (secondary N) is 2. The van der Waals surface area contributed by atoms with Crippen LogP contribution in [0.3, 0.4) is 0 Å². The highest BCUT2D eigenvalue weighted by Gasteiger charge is 2.07. The molecule has 0 radical (unpaired) electrons. The van der Waals surface area contributed by atoms with Crippen LogP contribution in [-0.4, -0.2) is 17.6 Å². The van der Waals surface area contributed by atoms with Gasteiger partial charge in [0.15, 0.2) is 0 Å². The van der Waals surface area contributed by atoms with Crippen LogP contribution in [0.25, 0.3) is 0 Å². The molecule has 2 aromatic rings. The molecule has 128 valence electrons. The lowest BCUT2D eigenvalue weighted by atomic mass is 10.1. The van der Waals surface area contributed by atoms with Crippen molar-refractivity contribution in [1.82, 2.24) is 10.6 Å². The van der Waals surface area contributed by atoms with E-state index in [1.54, 1.807) is 36.4 Å². The van der Waals surface area contributed by atoms with E-state index in [1.807, 2.05) is 6.07 Å². The zero-order valence-electron chi connectivity index (χ0n) is 13.5. The van der Waals surface area contributed by atoms with Gasteiger partial charge in [-0.1, -0.05) is 24.3 Å². The second kappa shape index (κ2) is 9.08. The van der Waals surface area contributed by atoms with Gasteiger partial charge in [0, 0.05) is 19.3 Å². The fraction of sp³-hybridized carbons (Fsp3) is 0.158. The van der Waals surface area contributed by atoms with Gasteiger partial charge < -0.3 is 15.7 Å². The number of carbonyl (C=O) groups excluding carboxylic acids is 1. The van der Waals surface area contributed by atoms with E-state index in [0.717, 1.165) is 11.1 Å². The van der Waals surface area contributed by atoms with Crippen molar-refractivity contribution in [1.29, 1.82) is 5.26 Å². The molecule has 3 N–H and O–H groups in total. The van der Waals surface area contributed by atoms with Gasteiger partial charge in [-0.2, -0.15) is 5.26 Å². The molecule has 0 aromatic heterocycles. The van der Waals surface area contributed by atoms with Crippen LogP contribution in [0.1, 0.15) is 11.1 Å². The molecule has 1 amide bonds. The number of hydrogen-bond donors (Lipinski definition) is 3. The van der Waals surface area contributed by atoms with Gasteiger partial charge >= 0.3 is 0 Å². The van der Waals surface area contributed by atoms with E-state index >= 15 is 0 Å². The standard InChI is InChI=1S/C19H18FN3O2/c20-17-5-1-15(2-6-17)12-22-13-16(11-21)19(25)23-10-9-14-3-7-18(24)8-4-14/h1-8,13,22,24H,9-10,12H2,(H,23,25)/b16-13-. The fourth-order valence-corrected chi connectivity index (χ4v) is 2.10. The maximum Gasteiger partial charge on any atom is 0.263 e. The molecule has 25 heavy (non-hydrogen) atoms. The molecule has 0 spiro atoms. The molecule has 0 heterocycles. The molecule has 2 rings (SSSR count). The predicted octanol–water partition coefficient (Wildman–Crippen LogP) is 2.39. The Bertz CT molecular complexity index is 778. The first kappa shape index (κ1) is 18.0. The van der Waals surface area contributed by atoms with E-state index in [1.165, 1.54) is 18.3 Å². The Morgan fingerprint density at radius 3 is 2.40 bits per heavy atom. The molecule has 0 bridgehead atoms. The van der Waals surface area contributed by atoms with Gasteiger partial charge in [-0.15, -0.1) is 0 Å². The van der Waals surface area contributed by atoms with Crippen LogP contribution in [0, 0.1) is 17.1 Å². The van der Waals surface area contributed by atoms with Crippen molar-refractivity contribution >= 4 is 5.91 Å². The molecule has 5 nitrogen and oxygen atoms in total. The van der Waals surface area contributed by atoms with E-state index < -0.39 is 5.91 Å². The number of halogens is 1. The Morgan fingerprint density at radius 2 is 1.76 bits per heavy atom. The second-order valence-corrected chi connectivity index (χ2v) is 5.35. The Kier molecular flexibility index (Phi) is 6.55. The van der Waals surface area contributed by atoms with Gasteiger partial charge in [0.2, 0.25) is 0 Å². The summed E-state index contributed by atoms with van der Waals surface area (Å²) in [6.07, 6.45) is 1.94. The third kappa shape index (κ3) is 5.99. The highest BCUT2D eigenvalue weighted by atomic mass is 19.1. The number of phenols is 1. The highest BCUT2D eigenvalue weighted by Crippen LogP contribution is 2.09. The summed E-state index contributed by atoms with van der Waals surface area (Å²) in [7, 11) is 0. The van der Waals surface area contributed by atoms with Crippen molar-refractivity contribution in [3.05, 3.63) is 77.2 Å². The van der Waals surface area contributed by atoms with Crippen molar-refractivity contribution in [2.45, 2.75) is 13.0 Å². The van der Waals surface area contributed by atoms with Crippen LogP contribution < -0.4 is 10.6 Å². The number of nitrogens with zero attached hydrogens (tertiary/aromatic N) is 1. The van der Waals surface area contributed by atoms with Gasteiger partial charge in [0.25, 0.3) is 5.91 Å². The molecule has 0 saturated heterocycles. The summed E-state index contributed by atoms with van der Waals surface area (Å²) in [5.74, 6) is -0.590. The molecule has 0 atom stereocenters. The summed E-state index contributed by atoms with van der Waals surface area (Å²) in [6, 6.07) is 14.5. The average molecular weight is 339 g/mol. The van der Waals surface area contributed by atoms with Gasteiger partial charge in [-0.25, -0.2) is 4.39 Å². The molecular formula is C19H18FN3O2. The van der Waals surface area contributed by atoms with E-state index in [9.17, 15) is 14.3 Å². The smallest absolute Gasteiger partial charge is 0.263 e. The first-order valence-corrected chi connectivity index (χ1v) is 7.72. The number of nitriles is 1. The average Bonchev–Trinajstić information content (AvgIpc) is 2.62. The lowest BCUT2D eigenvalue weighted by Crippen LogP contribution is -2.27. The number of carbonyl (C=O) groups is 1. The maximum atomic E-state index is 12.8. The van der Waals surface area contributed by atoms with Crippen LogP contribution in [-0.2, 0) is 17.8 Å². The third-order valence-electron chi connectivity index (χ3n) is 3.47. The molecular weight excluding hydrogens is 321 g/mol. The molecule has 0 saturated carbocycles. The first-order chi connectivity index (χ1) is 12.1. The summed E-state index contributed by atoms with van der Waals surface area (Å²) in [6.45, 7) is 0.757. The van der Waals surface area contributed by atoms with Crippen LogP contribution in [0.15, 0.2) is 60.3 Å². The second-order valence-electron chi connectivity index (χ2n) is 5.35. The molecule has 0 aliphatic rings. The minimum atomic E-state index is -0.465. The van der Waals surface area contributed by atoms with Crippen molar-refractivity contribution in [2.75, 3.05) is 6.54 Å². The van der Waals surface area contributed by atoms with E-state index in [0.29, 0.717) is 19.5 Å². The van der Waals surface area contributed by atoms with Gasteiger partial charge in [0.1, 0.15) is 23.2 Å². The van der Waals surface area contributed by atoms with Crippen LogP contribution in [0.5, 0.6) is 5.75 Å². The summed E-state index contributed by atoms with van der Waals surface area (Å²) in [4.78, 5) is 12.0. The largest absolute Gasteiger partial charge is 0.508 e. The number of benzene rings is 2. The highest BCUT2D eigenvalue weighted by molar-refractivity contribution is 5.97. The normalized spacial score (nSPS) is 10.8. The number of hydrogen-bond acceptors (Lipinski definition) is 4. The van der Waals surface area contributed by atoms with Gasteiger partial charge in [-0.05, 0) is 41.8 Å². The zero-order chi connectivity index (χ0) is 18.1. The SMILES string of the molecule is N#C/C(=C/NCc1ccc(F)cc1)C(=O)NCCc1ccc(O)cc1. The van der Waals surface area contributed by atoms with Crippen molar-refractivity contribution in [3.63, 3.8) is 0 Å². The van der Waals surface area contributed by atoms with Crippen LogP contribution in [0.2, 0.25) is 0 Å². The summed E-state index contributed by atoms with van der Waals surface area (Å²) >= 11 is 0. The van der Waals surface area contributed by atoms with Crippen molar-refractivity contribution < 1.29 is 14.3 Å². The Labute approximate surface area is 145 Å². The number of phenolic OH excluding ortho intramolecular Hbond substituents is 1. The zero-order valence-corrected chi connectivity index (χ0v) is 13.5. The quantitative estimate of drug-likeness (QED) is 0.534. The molecule has 0 aliphatic carbocycles. The topological polar surface area (TPSA) is 85.2 Å². The maximum absolute atomic E-state index is 12.8. The van der Waals surface area contributed by atoms with Gasteiger partial charge in [0.05, 0.1) is 0 Å². The van der Waals surface area contributed by atoms with Crippen molar-refractivity contribution in [3.8, 4) is 11.8 Å². The molecule has 0 aliphatic heterocycles. The summed E-state index contributed by atoms with van der Waals surface area (Å²) in [5, 5.41) is 23.8. The Hall–Kier alpha value is -3.33. The predicted molar refractivity (Wildman–Crippen MR) is 91.8 cm³/mol. The Balaban J connectivity index is 1.80. The summed E-state index contributed by atoms with van der Waals surface area (Å²) < 4.78 is 12.8. The van der Waals surface area contributed by atoms with Crippen molar-refractivity contribution in [2.24, 2.45) is 0 Å². The summed E-state index contributed by atoms with van der Waals surface area (Å²) in [5.41, 5.74) is 1.77. The number of aromatic hydroxyl groups is 1. The lowest BCUT2D eigenvalue weighted by Gasteiger charge is -2.06. The van der Waals surface area contributed by atoms with Crippen LogP contribution in [0.4, 0.5) is 4.39 Å². The molecule has 2 aromatic carbocycles. The fourth-order valence-electron chi connectivity index (χ4n) is 2.10. The van der Waals surface area contributed by atoms with Gasteiger partial charge in [-0.3, -0.25) is 4.79 Å². The molecule has 0 unspecified atom stereocenters. The van der Waals surface area contributed by atoms with E-state index in [-0.39, 0.29) is 17.1 Å². The first-order valence-electron chi connectivity index (χ1n) is 7.72. The molecule has 6 heteroatoms. The molecule has 0 fully saturated rings. The van der Waals surface area contributed by atoms with Crippen LogP contribution >= 0.6 is 0 Å². The number of amides is 1. The van der Waals surface area contributed by atoms with E-state index in [2.05, 4.69) is 10.6 Å². The minimum absolute atomic E-state index is 0.0344. The Morgan fingerprint density at radius 1 is 1.12 bits per heavy atom. The third-order valence-corrected chi connectivity index (χ3v) is 3.47. The lowest BCUT2D eigenvalue weighted by molar-refractivity contribution is -0.117. The van der Waals surface area contributed by atoms with E-state index in [4.69, 9.17) is 5.26 Å². The minimum Gasteiger partial charge on any atom is -0.508 e.